The lowest BCUT2D eigenvalue weighted by Gasteiger charge is -2.32. The molecule has 9 heteroatoms. The van der Waals surface area contributed by atoms with E-state index in [1.54, 1.807) is 61.5 Å². The van der Waals surface area contributed by atoms with Crippen LogP contribution in [0.5, 0.6) is 0 Å². The van der Waals surface area contributed by atoms with Gasteiger partial charge < -0.3 is 10.2 Å². The standard InChI is InChI=1S/C29H34ClN3O4S/c1-4-19-31-29(35)22(3)32(20-23-15-17-25(30)18-16-23)28(34)21-33(27-14-10-9-11-24(27)5-2)38(36,37)26-12-7-6-8-13-26/h6-18,22H,4-5,19-21H2,1-3H3,(H,31,35). The second kappa shape index (κ2) is 13.4. The van der Waals surface area contributed by atoms with Crippen molar-refractivity contribution in [1.29, 1.82) is 0 Å². The lowest BCUT2D eigenvalue weighted by atomic mass is 10.1. The average molecular weight is 556 g/mol. The predicted molar refractivity (Wildman–Crippen MR) is 152 cm³/mol. The first-order valence-corrected chi connectivity index (χ1v) is 14.5. The molecule has 2 amide bonds. The maximum atomic E-state index is 13.9. The number of hydrogen-bond donors (Lipinski definition) is 1. The molecule has 0 aromatic heterocycles. The van der Waals surface area contributed by atoms with Crippen molar-refractivity contribution in [3.63, 3.8) is 0 Å². The van der Waals surface area contributed by atoms with Crippen LogP contribution in [0.15, 0.2) is 83.8 Å². The van der Waals surface area contributed by atoms with Crippen molar-refractivity contribution in [1.82, 2.24) is 10.2 Å². The number of anilines is 1. The third-order valence-electron chi connectivity index (χ3n) is 6.23. The summed E-state index contributed by atoms with van der Waals surface area (Å²) < 4.78 is 28.9. The minimum absolute atomic E-state index is 0.0803. The number of benzene rings is 3. The number of aryl methyl sites for hydroxylation is 1. The first-order valence-electron chi connectivity index (χ1n) is 12.7. The van der Waals surface area contributed by atoms with Crippen LogP contribution >= 0.6 is 11.6 Å². The number of nitrogens with zero attached hydrogens (tertiary/aromatic N) is 2. The summed E-state index contributed by atoms with van der Waals surface area (Å²) in [6.07, 6.45) is 1.33. The largest absolute Gasteiger partial charge is 0.354 e. The van der Waals surface area contributed by atoms with E-state index in [0.717, 1.165) is 21.9 Å². The van der Waals surface area contributed by atoms with Gasteiger partial charge in [-0.3, -0.25) is 13.9 Å². The van der Waals surface area contributed by atoms with E-state index in [0.29, 0.717) is 23.7 Å². The summed E-state index contributed by atoms with van der Waals surface area (Å²) in [6.45, 7) is 5.65. The number of hydrogen-bond acceptors (Lipinski definition) is 4. The van der Waals surface area contributed by atoms with Gasteiger partial charge in [0.1, 0.15) is 12.6 Å². The summed E-state index contributed by atoms with van der Waals surface area (Å²) in [5, 5.41) is 3.39. The zero-order chi connectivity index (χ0) is 27.7. The molecule has 3 rings (SSSR count). The highest BCUT2D eigenvalue weighted by Crippen LogP contribution is 2.28. The van der Waals surface area contributed by atoms with E-state index in [9.17, 15) is 18.0 Å². The van der Waals surface area contributed by atoms with Crippen LogP contribution in [-0.4, -0.2) is 44.3 Å². The molecule has 0 aliphatic heterocycles. The number of amides is 2. The van der Waals surface area contributed by atoms with Gasteiger partial charge >= 0.3 is 0 Å². The molecule has 0 heterocycles. The Balaban J connectivity index is 2.04. The first kappa shape index (κ1) is 29.2. The minimum atomic E-state index is -4.09. The molecule has 7 nitrogen and oxygen atoms in total. The van der Waals surface area contributed by atoms with E-state index in [-0.39, 0.29) is 17.3 Å². The number of carbonyl (C=O) groups excluding carboxylic acids is 2. The highest BCUT2D eigenvalue weighted by atomic mass is 35.5. The van der Waals surface area contributed by atoms with E-state index in [1.165, 1.54) is 17.0 Å². The Morgan fingerprint density at radius 3 is 2.18 bits per heavy atom. The fourth-order valence-corrected chi connectivity index (χ4v) is 5.65. The lowest BCUT2D eigenvalue weighted by Crippen LogP contribution is -2.51. The lowest BCUT2D eigenvalue weighted by molar-refractivity contribution is -0.139. The molecule has 1 atom stereocenters. The fraction of sp³-hybridized carbons (Fsp3) is 0.310. The molecule has 1 unspecified atom stereocenters. The molecule has 38 heavy (non-hydrogen) atoms. The van der Waals surface area contributed by atoms with Crippen LogP contribution in [0.3, 0.4) is 0 Å². The highest BCUT2D eigenvalue weighted by Gasteiger charge is 2.33. The topological polar surface area (TPSA) is 86.8 Å². The zero-order valence-corrected chi connectivity index (χ0v) is 23.5. The maximum Gasteiger partial charge on any atom is 0.264 e. The summed E-state index contributed by atoms with van der Waals surface area (Å²) >= 11 is 6.04. The molecule has 0 saturated carbocycles. The monoisotopic (exact) mass is 555 g/mol. The molecule has 0 fully saturated rings. The molecule has 0 radical (unpaired) electrons. The zero-order valence-electron chi connectivity index (χ0n) is 21.9. The Kier molecular flexibility index (Phi) is 10.3. The van der Waals surface area contributed by atoms with Gasteiger partial charge in [-0.25, -0.2) is 8.42 Å². The molecule has 0 aliphatic rings. The third-order valence-corrected chi connectivity index (χ3v) is 8.26. The van der Waals surface area contributed by atoms with Gasteiger partial charge in [-0.05, 0) is 61.2 Å². The van der Waals surface area contributed by atoms with E-state index in [4.69, 9.17) is 11.6 Å². The molecule has 0 saturated heterocycles. The van der Waals surface area contributed by atoms with Gasteiger partial charge in [-0.15, -0.1) is 0 Å². The normalized spacial score (nSPS) is 12.0. The number of para-hydroxylation sites is 1. The van der Waals surface area contributed by atoms with Gasteiger partial charge in [0.05, 0.1) is 10.6 Å². The summed E-state index contributed by atoms with van der Waals surface area (Å²) in [5.74, 6) is -0.801. The van der Waals surface area contributed by atoms with Gasteiger partial charge in [-0.1, -0.05) is 74.0 Å². The molecule has 0 spiro atoms. The Hall–Kier alpha value is -3.36. The summed E-state index contributed by atoms with van der Waals surface area (Å²) in [4.78, 5) is 28.3. The molecular weight excluding hydrogens is 522 g/mol. The van der Waals surface area contributed by atoms with Gasteiger partial charge in [0.15, 0.2) is 0 Å². The first-order chi connectivity index (χ1) is 18.2. The summed E-state index contributed by atoms with van der Waals surface area (Å²) in [6, 6.07) is 21.3. The number of carbonyl (C=O) groups is 2. The molecule has 0 aliphatic carbocycles. The number of sulfonamides is 1. The fourth-order valence-electron chi connectivity index (χ4n) is 4.05. The van der Waals surface area contributed by atoms with E-state index < -0.39 is 28.5 Å². The average Bonchev–Trinajstić information content (AvgIpc) is 2.94. The third kappa shape index (κ3) is 7.14. The predicted octanol–water partition coefficient (Wildman–Crippen LogP) is 5.04. The van der Waals surface area contributed by atoms with Crippen molar-refractivity contribution in [3.05, 3.63) is 95.0 Å². The van der Waals surface area contributed by atoms with Crippen LogP contribution in [-0.2, 0) is 32.6 Å². The quantitative estimate of drug-likeness (QED) is 0.339. The van der Waals surface area contributed by atoms with E-state index in [1.807, 2.05) is 26.0 Å². The van der Waals surface area contributed by atoms with Crippen molar-refractivity contribution in [3.8, 4) is 0 Å². The van der Waals surface area contributed by atoms with E-state index in [2.05, 4.69) is 5.32 Å². The Morgan fingerprint density at radius 1 is 0.921 bits per heavy atom. The van der Waals surface area contributed by atoms with Crippen LogP contribution in [0, 0.1) is 0 Å². The van der Waals surface area contributed by atoms with E-state index >= 15 is 0 Å². The molecule has 0 bridgehead atoms. The Morgan fingerprint density at radius 2 is 1.55 bits per heavy atom. The smallest absolute Gasteiger partial charge is 0.264 e. The molecular formula is C29H34ClN3O4S. The molecule has 1 N–H and O–H groups in total. The molecule has 3 aromatic rings. The molecule has 202 valence electrons. The van der Waals surface area contributed by atoms with Crippen LogP contribution in [0.1, 0.15) is 38.3 Å². The van der Waals surface area contributed by atoms with Crippen LogP contribution in [0.4, 0.5) is 5.69 Å². The minimum Gasteiger partial charge on any atom is -0.354 e. The van der Waals surface area contributed by atoms with Gasteiger partial charge in [0.25, 0.3) is 10.0 Å². The highest BCUT2D eigenvalue weighted by molar-refractivity contribution is 7.92. The SMILES string of the molecule is CCCNC(=O)C(C)N(Cc1ccc(Cl)cc1)C(=O)CN(c1ccccc1CC)S(=O)(=O)c1ccccc1. The van der Waals surface area contributed by atoms with Crippen molar-refractivity contribution in [2.75, 3.05) is 17.4 Å². The Labute approximate surface area is 230 Å². The number of halogens is 1. The number of rotatable bonds is 12. The maximum absolute atomic E-state index is 13.9. The van der Waals surface area contributed by atoms with Crippen molar-refractivity contribution in [2.24, 2.45) is 0 Å². The number of nitrogens with one attached hydrogen (secondary N) is 1. The summed E-state index contributed by atoms with van der Waals surface area (Å²) in [5.41, 5.74) is 1.99. The van der Waals surface area contributed by atoms with Crippen molar-refractivity contribution < 1.29 is 18.0 Å². The van der Waals surface area contributed by atoms with Gasteiger partial charge in [-0.2, -0.15) is 0 Å². The second-order valence-electron chi connectivity index (χ2n) is 8.92. The van der Waals surface area contributed by atoms with Crippen molar-refractivity contribution >= 4 is 39.1 Å². The second-order valence-corrected chi connectivity index (χ2v) is 11.2. The van der Waals surface area contributed by atoms with Crippen LogP contribution in [0.25, 0.3) is 0 Å². The van der Waals surface area contributed by atoms with Crippen LogP contribution < -0.4 is 9.62 Å². The molecule has 3 aromatic carbocycles. The van der Waals surface area contributed by atoms with Crippen LogP contribution in [0.2, 0.25) is 5.02 Å². The van der Waals surface area contributed by atoms with Crippen molar-refractivity contribution in [2.45, 2.75) is 51.1 Å². The van der Waals surface area contributed by atoms with Gasteiger partial charge in [0, 0.05) is 18.1 Å². The van der Waals surface area contributed by atoms with Gasteiger partial charge in [0.2, 0.25) is 11.8 Å². The summed E-state index contributed by atoms with van der Waals surface area (Å²) in [7, 11) is -4.09. The Bertz CT molecular complexity index is 1330.